The number of amides is 1. The van der Waals surface area contributed by atoms with Crippen LogP contribution in [0.15, 0.2) is 41.6 Å². The molecule has 1 saturated heterocycles. The minimum atomic E-state index is -9.74. The Morgan fingerprint density at radius 1 is 1.17 bits per heavy atom. The minimum Gasteiger partial charge on any atom is -0.361 e. The number of aromatic nitrogens is 2. The van der Waals surface area contributed by atoms with Gasteiger partial charge >= 0.3 is 10.2 Å². The Bertz CT molecular complexity index is 892. The van der Waals surface area contributed by atoms with E-state index >= 15 is 0 Å². The number of carbonyl (C=O) groups is 1. The molecule has 3 rings (SSSR count). The van der Waals surface area contributed by atoms with Gasteiger partial charge < -0.3 is 15.0 Å². The Labute approximate surface area is 165 Å². The third kappa shape index (κ3) is 5.76. The molecule has 2 aromatic rings. The van der Waals surface area contributed by atoms with Gasteiger partial charge in [0.15, 0.2) is 0 Å². The largest absolute Gasteiger partial charge is 0.361 e. The molecule has 1 aliphatic rings. The second kappa shape index (κ2) is 7.10. The standard InChI is InChI=1S/C17H19F5N4O2S.H2/c18-29(19,20,21,22)15-5-3-4-13(8-15)9-23-17-24-10-14(11-25-17)16(27)26-6-1-2-7-28-12-26;/h3-5,8,10-11H,1-2,6-7,9,12H2,(H,23,24,25);1H. The Hall–Kier alpha value is -2.47. The van der Waals surface area contributed by atoms with E-state index in [0.29, 0.717) is 25.3 Å². The number of halogens is 5. The van der Waals surface area contributed by atoms with Gasteiger partial charge in [-0.25, -0.2) is 9.97 Å². The fourth-order valence-corrected chi connectivity index (χ4v) is 3.40. The van der Waals surface area contributed by atoms with E-state index in [1.165, 1.54) is 23.4 Å². The molecule has 1 aromatic heterocycles. The van der Waals surface area contributed by atoms with Crippen molar-refractivity contribution in [3.63, 3.8) is 0 Å². The topological polar surface area (TPSA) is 67.4 Å². The molecule has 0 saturated carbocycles. The van der Waals surface area contributed by atoms with Crippen LogP contribution in [0.25, 0.3) is 0 Å². The van der Waals surface area contributed by atoms with E-state index in [-0.39, 0.29) is 37.7 Å². The van der Waals surface area contributed by atoms with E-state index in [1.54, 1.807) is 0 Å². The molecule has 12 heteroatoms. The zero-order valence-corrected chi connectivity index (χ0v) is 16.0. The van der Waals surface area contributed by atoms with Crippen LogP contribution in [0, 0.1) is 0 Å². The molecule has 2 heterocycles. The molecular weight excluding hydrogens is 419 g/mol. The van der Waals surface area contributed by atoms with E-state index in [9.17, 15) is 24.2 Å². The first kappa shape index (κ1) is 21.2. The first-order valence-electron chi connectivity index (χ1n) is 8.68. The molecule has 1 aromatic carbocycles. The van der Waals surface area contributed by atoms with Crippen molar-refractivity contribution in [2.75, 3.05) is 25.2 Å². The maximum Gasteiger partial charge on any atom is 0.310 e. The van der Waals surface area contributed by atoms with Gasteiger partial charge in [0.25, 0.3) is 5.91 Å². The number of benzene rings is 1. The number of nitrogens with one attached hydrogen (secondary N) is 1. The first-order chi connectivity index (χ1) is 13.4. The summed E-state index contributed by atoms with van der Waals surface area (Å²) in [7, 11) is -9.74. The third-order valence-corrected chi connectivity index (χ3v) is 5.34. The Kier molecular flexibility index (Phi) is 5.20. The lowest BCUT2D eigenvalue weighted by molar-refractivity contribution is 0.0368. The summed E-state index contributed by atoms with van der Waals surface area (Å²) in [5, 5.41) is 2.65. The molecule has 0 spiro atoms. The normalized spacial score (nSPS) is 17.8. The second-order valence-corrected chi connectivity index (χ2v) is 8.99. The van der Waals surface area contributed by atoms with Crippen LogP contribution in [0.4, 0.5) is 25.4 Å². The summed E-state index contributed by atoms with van der Waals surface area (Å²) < 4.78 is 69.8. The quantitative estimate of drug-likeness (QED) is 0.647. The maximum absolute atomic E-state index is 12.9. The lowest BCUT2D eigenvalue weighted by Gasteiger charge is -2.40. The zero-order chi connectivity index (χ0) is 21.2. The van der Waals surface area contributed by atoms with Crippen molar-refractivity contribution in [1.29, 1.82) is 0 Å². The van der Waals surface area contributed by atoms with Crippen LogP contribution in [-0.4, -0.2) is 40.7 Å². The average Bonchev–Trinajstić information content (AvgIpc) is 2.94. The Morgan fingerprint density at radius 3 is 2.59 bits per heavy atom. The fourth-order valence-electron chi connectivity index (χ4n) is 2.70. The zero-order valence-electron chi connectivity index (χ0n) is 15.2. The van der Waals surface area contributed by atoms with Gasteiger partial charge in [-0.1, -0.05) is 31.6 Å². The number of ether oxygens (including phenoxy) is 1. The van der Waals surface area contributed by atoms with Crippen LogP contribution < -0.4 is 5.32 Å². The second-order valence-electron chi connectivity index (χ2n) is 6.58. The molecule has 0 aliphatic carbocycles. The Balaban J connectivity index is 0.00000320. The van der Waals surface area contributed by atoms with Crippen molar-refractivity contribution in [3.05, 3.63) is 47.8 Å². The van der Waals surface area contributed by atoms with Crippen LogP contribution in [-0.2, 0) is 11.3 Å². The highest BCUT2D eigenvalue weighted by Crippen LogP contribution is 3.02. The molecule has 162 valence electrons. The number of nitrogens with zero attached hydrogens (tertiary/aromatic N) is 3. The molecule has 6 nitrogen and oxygen atoms in total. The maximum atomic E-state index is 12.9. The molecule has 0 unspecified atom stereocenters. The van der Waals surface area contributed by atoms with E-state index in [2.05, 4.69) is 15.3 Å². The van der Waals surface area contributed by atoms with E-state index in [1.807, 2.05) is 0 Å². The van der Waals surface area contributed by atoms with E-state index in [0.717, 1.165) is 18.9 Å². The predicted molar refractivity (Wildman–Crippen MR) is 100 cm³/mol. The van der Waals surface area contributed by atoms with Gasteiger partial charge in [0.2, 0.25) is 5.95 Å². The lowest BCUT2D eigenvalue weighted by Crippen LogP contribution is -2.32. The summed E-state index contributed by atoms with van der Waals surface area (Å²) in [4.78, 5) is 19.9. The monoisotopic (exact) mass is 440 g/mol. The third-order valence-electron chi connectivity index (χ3n) is 4.19. The average molecular weight is 440 g/mol. The summed E-state index contributed by atoms with van der Waals surface area (Å²) >= 11 is 0. The van der Waals surface area contributed by atoms with Crippen molar-refractivity contribution < 1.29 is 30.4 Å². The highest BCUT2D eigenvalue weighted by molar-refractivity contribution is 8.45. The highest BCUT2D eigenvalue weighted by Gasteiger charge is 2.65. The first-order valence-corrected chi connectivity index (χ1v) is 10.6. The fraction of sp³-hybridized carbons (Fsp3) is 0.353. The van der Waals surface area contributed by atoms with Crippen LogP contribution in [0.5, 0.6) is 0 Å². The lowest BCUT2D eigenvalue weighted by atomic mass is 10.2. The van der Waals surface area contributed by atoms with Crippen molar-refractivity contribution in [3.8, 4) is 0 Å². The van der Waals surface area contributed by atoms with Crippen molar-refractivity contribution in [2.45, 2.75) is 24.3 Å². The van der Waals surface area contributed by atoms with Gasteiger partial charge in [-0.05, 0) is 30.5 Å². The molecular formula is C17H21F5N4O2S. The van der Waals surface area contributed by atoms with Gasteiger partial charge in [-0.3, -0.25) is 4.79 Å². The van der Waals surface area contributed by atoms with E-state index < -0.39 is 15.1 Å². The molecule has 29 heavy (non-hydrogen) atoms. The number of anilines is 1. The van der Waals surface area contributed by atoms with E-state index in [4.69, 9.17) is 4.74 Å². The number of rotatable bonds is 5. The molecule has 1 N–H and O–H groups in total. The van der Waals surface area contributed by atoms with Gasteiger partial charge in [-0.2, -0.15) is 0 Å². The number of hydrogen-bond donors (Lipinski definition) is 1. The molecule has 0 radical (unpaired) electrons. The van der Waals surface area contributed by atoms with Crippen LogP contribution in [0.3, 0.4) is 0 Å². The van der Waals surface area contributed by atoms with Crippen LogP contribution in [0.1, 0.15) is 30.2 Å². The van der Waals surface area contributed by atoms with Crippen LogP contribution in [0.2, 0.25) is 0 Å². The van der Waals surface area contributed by atoms with Crippen molar-refractivity contribution in [2.24, 2.45) is 0 Å². The van der Waals surface area contributed by atoms with Gasteiger partial charge in [0, 0.05) is 33.5 Å². The molecule has 1 aliphatic heterocycles. The SMILES string of the molecule is O=C(c1cnc(NCc2cccc(S(F)(F)(F)(F)F)c2)nc1)N1CCCCOC1.[HH]. The van der Waals surface area contributed by atoms with Crippen molar-refractivity contribution in [1.82, 2.24) is 14.9 Å². The summed E-state index contributed by atoms with van der Waals surface area (Å²) in [6.07, 6.45) is 4.26. The molecule has 1 amide bonds. The molecule has 0 bridgehead atoms. The summed E-state index contributed by atoms with van der Waals surface area (Å²) in [5.41, 5.74) is 0.227. The van der Waals surface area contributed by atoms with Gasteiger partial charge in [-0.15, -0.1) is 0 Å². The Morgan fingerprint density at radius 2 is 1.90 bits per heavy atom. The van der Waals surface area contributed by atoms with Gasteiger partial charge in [0.05, 0.1) is 5.56 Å². The van der Waals surface area contributed by atoms with Gasteiger partial charge in [0.1, 0.15) is 11.6 Å². The predicted octanol–water partition coefficient (Wildman–Crippen LogP) is 5.20. The van der Waals surface area contributed by atoms with Crippen LogP contribution >= 0.6 is 10.2 Å². The molecule has 1 fully saturated rings. The minimum absolute atomic E-state index is 0. The number of hydrogen-bond acceptors (Lipinski definition) is 5. The summed E-state index contributed by atoms with van der Waals surface area (Å²) in [5.74, 6) is -0.242. The highest BCUT2D eigenvalue weighted by atomic mass is 32.5. The summed E-state index contributed by atoms with van der Waals surface area (Å²) in [6.45, 7) is 1.13. The molecule has 0 atom stereocenters. The van der Waals surface area contributed by atoms with Crippen molar-refractivity contribution >= 4 is 22.1 Å². The summed E-state index contributed by atoms with van der Waals surface area (Å²) in [6, 6.07) is 2.92. The number of carbonyl (C=O) groups excluding carboxylic acids is 1. The smallest absolute Gasteiger partial charge is 0.310 e.